The number of aromatic nitrogens is 1. The van der Waals surface area contributed by atoms with Gasteiger partial charge in [0.2, 0.25) is 0 Å². The average molecular weight is 384 g/mol. The molecule has 0 amide bonds. The molecule has 1 aromatic carbocycles. The maximum Gasteiger partial charge on any atom is 0.181 e. The highest BCUT2D eigenvalue weighted by molar-refractivity contribution is 9.10. The Kier molecular flexibility index (Phi) is 5.57. The first-order valence-electron chi connectivity index (χ1n) is 7.29. The van der Waals surface area contributed by atoms with Gasteiger partial charge in [-0.2, -0.15) is 0 Å². The van der Waals surface area contributed by atoms with Gasteiger partial charge in [0.1, 0.15) is 5.69 Å². The van der Waals surface area contributed by atoms with Gasteiger partial charge in [-0.05, 0) is 65.7 Å². The van der Waals surface area contributed by atoms with E-state index in [1.54, 1.807) is 11.8 Å². The van der Waals surface area contributed by atoms with E-state index in [9.17, 15) is 0 Å². The van der Waals surface area contributed by atoms with Crippen molar-refractivity contribution in [3.63, 3.8) is 0 Å². The standard InChI is InChI=1S/C16H18BrNO3S/c1-22-12-7-5-11(6-8-12)16-15(17)13(18-21-16)10-20-14-4-2-3-9-19-14/h5-8,14H,2-4,9-10H2,1H3. The Balaban J connectivity index is 1.68. The van der Waals surface area contributed by atoms with Crippen LogP contribution in [0.1, 0.15) is 25.0 Å². The fourth-order valence-electron chi connectivity index (χ4n) is 2.34. The quantitative estimate of drug-likeness (QED) is 0.689. The van der Waals surface area contributed by atoms with Crippen molar-refractivity contribution in [1.29, 1.82) is 0 Å². The fraction of sp³-hybridized carbons (Fsp3) is 0.438. The summed E-state index contributed by atoms with van der Waals surface area (Å²) in [5, 5.41) is 4.11. The zero-order valence-electron chi connectivity index (χ0n) is 12.4. The zero-order chi connectivity index (χ0) is 15.4. The molecule has 0 radical (unpaired) electrons. The van der Waals surface area contributed by atoms with Gasteiger partial charge >= 0.3 is 0 Å². The van der Waals surface area contributed by atoms with E-state index in [0.717, 1.165) is 47.4 Å². The van der Waals surface area contributed by atoms with Crippen LogP contribution in [0, 0.1) is 0 Å². The number of hydrogen-bond donors (Lipinski definition) is 0. The molecule has 0 bridgehead atoms. The van der Waals surface area contributed by atoms with Crippen LogP contribution < -0.4 is 0 Å². The molecular weight excluding hydrogens is 366 g/mol. The maximum absolute atomic E-state index is 5.76. The SMILES string of the molecule is CSc1ccc(-c2onc(COC3CCCCO3)c2Br)cc1. The van der Waals surface area contributed by atoms with Gasteiger partial charge in [0, 0.05) is 17.1 Å². The highest BCUT2D eigenvalue weighted by atomic mass is 79.9. The van der Waals surface area contributed by atoms with Crippen LogP contribution in [0.25, 0.3) is 11.3 Å². The van der Waals surface area contributed by atoms with Crippen molar-refractivity contribution in [2.75, 3.05) is 12.9 Å². The zero-order valence-corrected chi connectivity index (χ0v) is 14.8. The fourth-order valence-corrected chi connectivity index (χ4v) is 3.23. The molecule has 1 saturated heterocycles. The summed E-state index contributed by atoms with van der Waals surface area (Å²) in [6, 6.07) is 8.21. The van der Waals surface area contributed by atoms with Crippen LogP contribution >= 0.6 is 27.7 Å². The summed E-state index contributed by atoms with van der Waals surface area (Å²) in [5.74, 6) is 0.732. The second-order valence-corrected chi connectivity index (χ2v) is 6.78. The van der Waals surface area contributed by atoms with Crippen LogP contribution in [-0.4, -0.2) is 24.3 Å². The van der Waals surface area contributed by atoms with Gasteiger partial charge in [0.05, 0.1) is 11.1 Å². The van der Waals surface area contributed by atoms with Crippen molar-refractivity contribution in [3.05, 3.63) is 34.4 Å². The monoisotopic (exact) mass is 383 g/mol. The number of thioether (sulfide) groups is 1. The second kappa shape index (κ2) is 7.64. The Morgan fingerprint density at radius 2 is 2.14 bits per heavy atom. The van der Waals surface area contributed by atoms with Gasteiger partial charge in [-0.25, -0.2) is 0 Å². The number of rotatable bonds is 5. The molecule has 1 aromatic heterocycles. The van der Waals surface area contributed by atoms with Crippen molar-refractivity contribution in [1.82, 2.24) is 5.16 Å². The third-order valence-corrected chi connectivity index (χ3v) is 5.16. The van der Waals surface area contributed by atoms with Gasteiger partial charge in [-0.3, -0.25) is 0 Å². The first-order chi connectivity index (χ1) is 10.8. The molecule has 3 rings (SSSR count). The predicted octanol–water partition coefficient (Wildman–Crippen LogP) is 4.87. The number of halogens is 1. The van der Waals surface area contributed by atoms with Crippen LogP contribution in [0.5, 0.6) is 0 Å². The molecule has 2 aromatic rings. The van der Waals surface area contributed by atoms with E-state index in [-0.39, 0.29) is 6.29 Å². The molecule has 2 heterocycles. The lowest BCUT2D eigenvalue weighted by molar-refractivity contribution is -0.169. The molecular formula is C16H18BrNO3S. The van der Waals surface area contributed by atoms with Crippen LogP contribution in [0.15, 0.2) is 38.2 Å². The van der Waals surface area contributed by atoms with Crippen molar-refractivity contribution < 1.29 is 14.0 Å². The smallest absolute Gasteiger partial charge is 0.181 e. The normalized spacial score (nSPS) is 18.5. The Bertz CT molecular complexity index is 608. The molecule has 118 valence electrons. The van der Waals surface area contributed by atoms with Crippen LogP contribution in [0.3, 0.4) is 0 Å². The average Bonchev–Trinajstić information content (AvgIpc) is 2.95. The minimum atomic E-state index is -0.123. The Morgan fingerprint density at radius 1 is 1.32 bits per heavy atom. The summed E-state index contributed by atoms with van der Waals surface area (Å²) in [5.41, 5.74) is 1.76. The van der Waals surface area contributed by atoms with Gasteiger partial charge in [0.25, 0.3) is 0 Å². The summed E-state index contributed by atoms with van der Waals surface area (Å²) < 4.78 is 17.6. The molecule has 1 fully saturated rings. The second-order valence-electron chi connectivity index (χ2n) is 5.11. The molecule has 0 saturated carbocycles. The summed E-state index contributed by atoms with van der Waals surface area (Å²) >= 11 is 5.28. The molecule has 0 aliphatic carbocycles. The Morgan fingerprint density at radius 3 is 2.82 bits per heavy atom. The van der Waals surface area contributed by atoms with Gasteiger partial charge < -0.3 is 14.0 Å². The van der Waals surface area contributed by atoms with E-state index in [1.165, 1.54) is 4.90 Å². The molecule has 22 heavy (non-hydrogen) atoms. The van der Waals surface area contributed by atoms with E-state index in [1.807, 2.05) is 12.1 Å². The molecule has 1 aliphatic heterocycles. The van der Waals surface area contributed by atoms with E-state index < -0.39 is 0 Å². The van der Waals surface area contributed by atoms with Crippen LogP contribution in [-0.2, 0) is 16.1 Å². The summed E-state index contributed by atoms with van der Waals surface area (Å²) in [6.07, 6.45) is 5.14. The van der Waals surface area contributed by atoms with Crippen molar-refractivity contribution >= 4 is 27.7 Å². The van der Waals surface area contributed by atoms with Gasteiger partial charge in [-0.1, -0.05) is 5.16 Å². The number of ether oxygens (including phenoxy) is 2. The van der Waals surface area contributed by atoms with Crippen molar-refractivity contribution in [2.24, 2.45) is 0 Å². The number of benzene rings is 1. The van der Waals surface area contributed by atoms with E-state index >= 15 is 0 Å². The first kappa shape index (κ1) is 16.1. The Labute approximate surface area is 142 Å². The third-order valence-electron chi connectivity index (χ3n) is 3.60. The van der Waals surface area contributed by atoms with E-state index in [4.69, 9.17) is 14.0 Å². The third kappa shape index (κ3) is 3.74. The lowest BCUT2D eigenvalue weighted by Gasteiger charge is -2.22. The minimum absolute atomic E-state index is 0.123. The molecule has 1 atom stereocenters. The number of nitrogens with zero attached hydrogens (tertiary/aromatic N) is 1. The largest absolute Gasteiger partial charge is 0.355 e. The molecule has 0 spiro atoms. The highest BCUT2D eigenvalue weighted by Gasteiger charge is 2.19. The summed E-state index contributed by atoms with van der Waals surface area (Å²) in [6.45, 7) is 1.16. The van der Waals surface area contributed by atoms with Crippen LogP contribution in [0.4, 0.5) is 0 Å². The van der Waals surface area contributed by atoms with E-state index in [0.29, 0.717) is 6.61 Å². The van der Waals surface area contributed by atoms with Gasteiger partial charge in [-0.15, -0.1) is 11.8 Å². The molecule has 1 unspecified atom stereocenters. The maximum atomic E-state index is 5.76. The van der Waals surface area contributed by atoms with Crippen molar-refractivity contribution in [3.8, 4) is 11.3 Å². The predicted molar refractivity (Wildman–Crippen MR) is 89.8 cm³/mol. The van der Waals surface area contributed by atoms with Gasteiger partial charge in [0.15, 0.2) is 12.1 Å². The number of hydrogen-bond acceptors (Lipinski definition) is 5. The highest BCUT2D eigenvalue weighted by Crippen LogP contribution is 2.32. The molecule has 4 nitrogen and oxygen atoms in total. The van der Waals surface area contributed by atoms with Crippen molar-refractivity contribution in [2.45, 2.75) is 37.1 Å². The van der Waals surface area contributed by atoms with E-state index in [2.05, 4.69) is 39.5 Å². The van der Waals surface area contributed by atoms with Crippen LogP contribution in [0.2, 0.25) is 0 Å². The lowest BCUT2D eigenvalue weighted by atomic mass is 10.1. The first-order valence-corrected chi connectivity index (χ1v) is 9.31. The summed E-state index contributed by atoms with van der Waals surface area (Å²) in [4.78, 5) is 1.22. The topological polar surface area (TPSA) is 44.5 Å². The molecule has 1 aliphatic rings. The summed E-state index contributed by atoms with van der Waals surface area (Å²) in [7, 11) is 0. The molecule has 6 heteroatoms. The lowest BCUT2D eigenvalue weighted by Crippen LogP contribution is -2.22. The Hall–Kier alpha value is -0.820. The molecule has 0 N–H and O–H groups in total. The minimum Gasteiger partial charge on any atom is -0.355 e.